The maximum Gasteiger partial charge on any atom is 0.271 e. The number of Topliss-reactive ketones (excluding diaryl/α,β-unsaturated/α-hetero) is 1. The monoisotopic (exact) mass is 458 g/mol. The molecule has 31 heavy (non-hydrogen) atoms. The summed E-state index contributed by atoms with van der Waals surface area (Å²) in [6.07, 6.45) is 2.65. The zero-order chi connectivity index (χ0) is 22.4. The molecule has 0 bridgehead atoms. The predicted molar refractivity (Wildman–Crippen MR) is 126 cm³/mol. The van der Waals surface area contributed by atoms with Gasteiger partial charge in [0.2, 0.25) is 0 Å². The number of hydrogen-bond donors (Lipinski definition) is 1. The number of aliphatic hydroxyl groups is 1. The van der Waals surface area contributed by atoms with Crippen LogP contribution in [0.15, 0.2) is 52.4 Å². The van der Waals surface area contributed by atoms with Gasteiger partial charge in [-0.1, -0.05) is 42.8 Å². The molecule has 162 valence electrons. The molecule has 8 heteroatoms. The number of rotatable bonds is 8. The summed E-state index contributed by atoms with van der Waals surface area (Å²) in [5.74, 6) is -0.243. The first kappa shape index (κ1) is 23.1. The number of ether oxygens (including phenoxy) is 1. The summed E-state index contributed by atoms with van der Waals surface area (Å²) in [7, 11) is 0. The van der Waals surface area contributed by atoms with Crippen LogP contribution in [-0.2, 0) is 9.59 Å². The van der Waals surface area contributed by atoms with E-state index in [-0.39, 0.29) is 12.5 Å². The molecule has 1 aliphatic heterocycles. The molecule has 1 N–H and O–H groups in total. The lowest BCUT2D eigenvalue weighted by Gasteiger charge is -2.17. The second-order valence-corrected chi connectivity index (χ2v) is 8.29. The lowest BCUT2D eigenvalue weighted by Crippen LogP contribution is -2.29. The molecule has 0 spiro atoms. The molecule has 1 amide bonds. The zero-order valence-electron chi connectivity index (χ0n) is 17.3. The van der Waals surface area contributed by atoms with Crippen LogP contribution in [0.1, 0.15) is 24.5 Å². The number of carbonyl (C=O) groups excluding carboxylic acids is 2. The van der Waals surface area contributed by atoms with E-state index in [9.17, 15) is 9.59 Å². The molecule has 0 aliphatic carbocycles. The standard InChI is InChI=1S/C23H23ClN2O4S/c1-3-10-25-23-26(19-7-5-4-6-15(19)2)22(29)21(31-23)12-16-8-9-20(18(24)11-16)30-14-17(28)13-27/h4-9,11-12,27H,3,10,13-14H2,1-2H3/b21-12+,25-23?. The Hall–Kier alpha value is -2.61. The van der Waals surface area contributed by atoms with E-state index >= 15 is 0 Å². The van der Waals surface area contributed by atoms with Gasteiger partial charge < -0.3 is 9.84 Å². The summed E-state index contributed by atoms with van der Waals surface area (Å²) in [5.41, 5.74) is 2.53. The van der Waals surface area contributed by atoms with Gasteiger partial charge in [0.15, 0.2) is 11.0 Å². The van der Waals surface area contributed by atoms with E-state index in [0.29, 0.717) is 27.4 Å². The Morgan fingerprint density at radius 2 is 2.06 bits per heavy atom. The highest BCUT2D eigenvalue weighted by molar-refractivity contribution is 8.19. The number of benzene rings is 2. The first-order valence-electron chi connectivity index (χ1n) is 9.83. The Morgan fingerprint density at radius 3 is 2.74 bits per heavy atom. The van der Waals surface area contributed by atoms with Crippen molar-refractivity contribution in [3.05, 3.63) is 63.5 Å². The van der Waals surface area contributed by atoms with Gasteiger partial charge in [0.05, 0.1) is 15.6 Å². The first-order chi connectivity index (χ1) is 14.9. The third kappa shape index (κ3) is 5.55. The van der Waals surface area contributed by atoms with Crippen LogP contribution in [-0.4, -0.2) is 41.7 Å². The summed E-state index contributed by atoms with van der Waals surface area (Å²) in [4.78, 5) is 31.3. The Labute approximate surface area is 190 Å². The van der Waals surface area contributed by atoms with Crippen LogP contribution in [0.5, 0.6) is 5.75 Å². The molecule has 1 heterocycles. The number of aryl methyl sites for hydroxylation is 1. The van der Waals surface area contributed by atoms with Crippen LogP contribution in [0.2, 0.25) is 5.02 Å². The maximum atomic E-state index is 13.2. The van der Waals surface area contributed by atoms with Gasteiger partial charge in [-0.15, -0.1) is 0 Å². The Balaban J connectivity index is 1.88. The highest BCUT2D eigenvalue weighted by atomic mass is 35.5. The number of hydrogen-bond acceptors (Lipinski definition) is 6. The molecule has 1 aliphatic rings. The smallest absolute Gasteiger partial charge is 0.271 e. The van der Waals surface area contributed by atoms with Gasteiger partial charge in [-0.05, 0) is 60.5 Å². The number of anilines is 1. The van der Waals surface area contributed by atoms with E-state index in [1.54, 1.807) is 29.2 Å². The minimum Gasteiger partial charge on any atom is -0.484 e. The van der Waals surface area contributed by atoms with Gasteiger partial charge in [-0.2, -0.15) is 0 Å². The van der Waals surface area contributed by atoms with Crippen molar-refractivity contribution >= 4 is 52.0 Å². The number of halogens is 1. The summed E-state index contributed by atoms with van der Waals surface area (Å²) in [6, 6.07) is 12.8. The minimum atomic E-state index is -0.583. The fourth-order valence-corrected chi connectivity index (χ4v) is 4.13. The van der Waals surface area contributed by atoms with Crippen LogP contribution in [0, 0.1) is 6.92 Å². The van der Waals surface area contributed by atoms with Crippen molar-refractivity contribution < 1.29 is 19.4 Å². The van der Waals surface area contributed by atoms with Crippen LogP contribution in [0.4, 0.5) is 5.69 Å². The quantitative estimate of drug-likeness (QED) is 0.590. The maximum absolute atomic E-state index is 13.2. The van der Waals surface area contributed by atoms with Gasteiger partial charge in [-0.3, -0.25) is 19.5 Å². The number of amides is 1. The van der Waals surface area contributed by atoms with E-state index in [1.165, 1.54) is 11.8 Å². The van der Waals surface area contributed by atoms with Gasteiger partial charge in [0.25, 0.3) is 5.91 Å². The van der Waals surface area contributed by atoms with Gasteiger partial charge in [0, 0.05) is 6.54 Å². The van der Waals surface area contributed by atoms with E-state index in [2.05, 4.69) is 4.99 Å². The van der Waals surface area contributed by atoms with E-state index in [1.807, 2.05) is 38.1 Å². The molecule has 1 saturated heterocycles. The molecule has 3 rings (SSSR count). The zero-order valence-corrected chi connectivity index (χ0v) is 18.9. The Morgan fingerprint density at radius 1 is 1.29 bits per heavy atom. The van der Waals surface area contributed by atoms with Gasteiger partial charge in [0.1, 0.15) is 19.0 Å². The SMILES string of the molecule is CCCN=C1S/C(=C/c2ccc(OCC(=O)CO)c(Cl)c2)C(=O)N1c1ccccc1C. The number of aliphatic hydroxyl groups excluding tert-OH is 1. The second kappa shape index (κ2) is 10.6. The molecule has 0 unspecified atom stereocenters. The van der Waals surface area contributed by atoms with Crippen molar-refractivity contribution in [3.8, 4) is 5.75 Å². The summed E-state index contributed by atoms with van der Waals surface area (Å²) in [6.45, 7) is 3.80. The number of ketones is 1. The molecule has 6 nitrogen and oxygen atoms in total. The number of aliphatic imine (C=N–C) groups is 1. The summed E-state index contributed by atoms with van der Waals surface area (Å²) >= 11 is 7.60. The van der Waals surface area contributed by atoms with Gasteiger partial charge in [-0.25, -0.2) is 0 Å². The third-order valence-electron chi connectivity index (χ3n) is 4.45. The highest BCUT2D eigenvalue weighted by Gasteiger charge is 2.35. The molecular formula is C23H23ClN2O4S. The fourth-order valence-electron chi connectivity index (χ4n) is 2.89. The van der Waals surface area contributed by atoms with Crippen molar-refractivity contribution in [2.75, 3.05) is 24.7 Å². The predicted octanol–water partition coefficient (Wildman–Crippen LogP) is 4.48. The Bertz CT molecular complexity index is 1050. The number of carbonyl (C=O) groups is 2. The van der Waals surface area contributed by atoms with Crippen LogP contribution >= 0.6 is 23.4 Å². The largest absolute Gasteiger partial charge is 0.484 e. The summed E-state index contributed by atoms with van der Waals surface area (Å²) < 4.78 is 5.32. The van der Waals surface area contributed by atoms with E-state index in [4.69, 9.17) is 21.4 Å². The van der Waals surface area contributed by atoms with Crippen molar-refractivity contribution in [2.45, 2.75) is 20.3 Å². The fraction of sp³-hybridized carbons (Fsp3) is 0.261. The van der Waals surface area contributed by atoms with Gasteiger partial charge >= 0.3 is 0 Å². The topological polar surface area (TPSA) is 79.2 Å². The lowest BCUT2D eigenvalue weighted by molar-refractivity contribution is -0.123. The second-order valence-electron chi connectivity index (χ2n) is 6.88. The number of nitrogens with zero attached hydrogens (tertiary/aromatic N) is 2. The molecule has 0 aromatic heterocycles. The number of amidine groups is 1. The summed E-state index contributed by atoms with van der Waals surface area (Å²) in [5, 5.41) is 9.75. The first-order valence-corrected chi connectivity index (χ1v) is 11.0. The van der Waals surface area contributed by atoms with E-state index < -0.39 is 12.4 Å². The minimum absolute atomic E-state index is 0.140. The molecule has 0 atom stereocenters. The highest BCUT2D eigenvalue weighted by Crippen LogP contribution is 2.38. The van der Waals surface area contributed by atoms with Crippen molar-refractivity contribution in [1.29, 1.82) is 0 Å². The van der Waals surface area contributed by atoms with Crippen LogP contribution < -0.4 is 9.64 Å². The van der Waals surface area contributed by atoms with Crippen molar-refractivity contribution in [3.63, 3.8) is 0 Å². The number of thioether (sulfide) groups is 1. The van der Waals surface area contributed by atoms with Crippen molar-refractivity contribution in [1.82, 2.24) is 0 Å². The van der Waals surface area contributed by atoms with E-state index in [0.717, 1.165) is 23.2 Å². The van der Waals surface area contributed by atoms with Crippen LogP contribution in [0.3, 0.4) is 0 Å². The normalized spacial score (nSPS) is 16.4. The van der Waals surface area contributed by atoms with Crippen molar-refractivity contribution in [2.24, 2.45) is 4.99 Å². The average molecular weight is 459 g/mol. The lowest BCUT2D eigenvalue weighted by atomic mass is 10.1. The third-order valence-corrected chi connectivity index (χ3v) is 5.75. The molecule has 0 saturated carbocycles. The molecule has 1 fully saturated rings. The molecule has 0 radical (unpaired) electrons. The molecule has 2 aromatic rings. The Kier molecular flexibility index (Phi) is 7.90. The molecule has 2 aromatic carbocycles. The average Bonchev–Trinajstić information content (AvgIpc) is 3.06. The van der Waals surface area contributed by atoms with Crippen LogP contribution in [0.25, 0.3) is 6.08 Å². The number of para-hydroxylation sites is 1. The molecular weight excluding hydrogens is 436 g/mol.